The van der Waals surface area contributed by atoms with Gasteiger partial charge in [0.05, 0.1) is 24.1 Å². The van der Waals surface area contributed by atoms with Crippen LogP contribution in [0.1, 0.15) is 94.2 Å². The topological polar surface area (TPSA) is 86.9 Å². The number of carbonyl (C=O) groups excluding carboxylic acids is 1. The maximum Gasteiger partial charge on any atom is 0.410 e. The van der Waals surface area contributed by atoms with Crippen molar-refractivity contribution in [1.82, 2.24) is 24.8 Å². The smallest absolute Gasteiger partial charge is 0.410 e. The van der Waals surface area contributed by atoms with E-state index in [0.717, 1.165) is 58.1 Å². The number of imidazole rings is 2. The van der Waals surface area contributed by atoms with Gasteiger partial charge in [-0.1, -0.05) is 55.2 Å². The van der Waals surface area contributed by atoms with Crippen LogP contribution in [-0.4, -0.2) is 43.1 Å². The van der Waals surface area contributed by atoms with E-state index >= 15 is 0 Å². The second kappa shape index (κ2) is 11.3. The molecular formula is C34H37N5O2. The van der Waals surface area contributed by atoms with E-state index in [2.05, 4.69) is 68.2 Å². The minimum absolute atomic E-state index is 0.117. The maximum atomic E-state index is 12.6. The van der Waals surface area contributed by atoms with Crippen molar-refractivity contribution in [1.29, 1.82) is 0 Å². The Bertz CT molecular complexity index is 1560. The molecule has 3 heterocycles. The number of nitrogens with zero attached hydrogens (tertiary/aromatic N) is 3. The van der Waals surface area contributed by atoms with Crippen LogP contribution in [0.4, 0.5) is 4.79 Å². The molecule has 7 heteroatoms. The Balaban J connectivity index is 1.09. The van der Waals surface area contributed by atoms with E-state index in [-0.39, 0.29) is 12.1 Å². The Morgan fingerprint density at radius 2 is 1.49 bits per heavy atom. The number of benzene rings is 2. The molecule has 0 radical (unpaired) electrons. The Hall–Kier alpha value is -4.31. The summed E-state index contributed by atoms with van der Waals surface area (Å²) in [6, 6.07) is 16.8. The number of rotatable bonds is 4. The van der Waals surface area contributed by atoms with Gasteiger partial charge < -0.3 is 14.7 Å². The van der Waals surface area contributed by atoms with Crippen LogP contribution >= 0.6 is 0 Å². The summed E-state index contributed by atoms with van der Waals surface area (Å²) in [5, 5.41) is 0. The molecule has 2 N–H and O–H groups in total. The van der Waals surface area contributed by atoms with Gasteiger partial charge in [-0.25, -0.2) is 14.8 Å². The molecule has 7 nitrogen and oxygen atoms in total. The highest BCUT2D eigenvalue weighted by Gasteiger charge is 2.34. The normalized spacial score (nSPS) is 17.4. The zero-order valence-corrected chi connectivity index (χ0v) is 24.0. The summed E-state index contributed by atoms with van der Waals surface area (Å²) in [6.45, 7) is 6.31. The van der Waals surface area contributed by atoms with Crippen LogP contribution < -0.4 is 0 Å². The first-order valence-electron chi connectivity index (χ1n) is 14.6. The number of ether oxygens (including phenoxy) is 1. The van der Waals surface area contributed by atoms with E-state index in [1.165, 1.54) is 25.7 Å². The monoisotopic (exact) mass is 547 g/mol. The second-order valence-electron chi connectivity index (χ2n) is 12.1. The van der Waals surface area contributed by atoms with E-state index in [1.807, 2.05) is 39.1 Å². The van der Waals surface area contributed by atoms with Crippen LogP contribution in [0.5, 0.6) is 0 Å². The van der Waals surface area contributed by atoms with E-state index in [9.17, 15) is 4.79 Å². The molecule has 1 aliphatic heterocycles. The van der Waals surface area contributed by atoms with Crippen molar-refractivity contribution in [2.45, 2.75) is 76.9 Å². The van der Waals surface area contributed by atoms with Gasteiger partial charge in [-0.05, 0) is 81.2 Å². The lowest BCUT2D eigenvalue weighted by Crippen LogP contribution is -2.36. The predicted octanol–water partition coefficient (Wildman–Crippen LogP) is 7.60. The number of nitrogens with one attached hydrogen (secondary N) is 2. The summed E-state index contributed by atoms with van der Waals surface area (Å²) in [7, 11) is 0. The Labute approximate surface area is 241 Å². The number of aromatic amines is 2. The fourth-order valence-corrected chi connectivity index (χ4v) is 5.78. The lowest BCUT2D eigenvalue weighted by molar-refractivity contribution is 0.0218. The standard InChI is InChI=1S/C34H37N5O2/c1-34(2,3)41-33(40)39-20-6-9-30(39)32-35-21-28(37-32)19-12-23-10-13-24(14-11-23)25-15-17-26(18-16-25)29-22-36-31(38-29)27-7-4-5-8-27/h10-11,13-18,21-22,27,30H,4-9,20H2,1-3H3,(H,35,37)(H,36,38). The number of amides is 1. The van der Waals surface area contributed by atoms with Gasteiger partial charge in [0, 0.05) is 18.0 Å². The Kier molecular flexibility index (Phi) is 7.40. The van der Waals surface area contributed by atoms with Crippen molar-refractivity contribution in [2.24, 2.45) is 0 Å². The van der Waals surface area contributed by atoms with E-state index in [1.54, 1.807) is 11.1 Å². The zero-order valence-electron chi connectivity index (χ0n) is 24.0. The number of likely N-dealkylation sites (tertiary alicyclic amines) is 1. The molecule has 1 amide bonds. The van der Waals surface area contributed by atoms with Gasteiger partial charge in [-0.2, -0.15) is 0 Å². The molecule has 2 aromatic carbocycles. The third-order valence-electron chi connectivity index (χ3n) is 7.88. The summed E-state index contributed by atoms with van der Waals surface area (Å²) in [5.41, 5.74) is 5.66. The molecule has 41 heavy (non-hydrogen) atoms. The molecule has 1 saturated carbocycles. The van der Waals surface area contributed by atoms with Crippen LogP contribution in [0.3, 0.4) is 0 Å². The molecule has 1 unspecified atom stereocenters. The van der Waals surface area contributed by atoms with E-state index < -0.39 is 5.60 Å². The van der Waals surface area contributed by atoms with Crippen molar-refractivity contribution < 1.29 is 9.53 Å². The largest absolute Gasteiger partial charge is 0.444 e. The van der Waals surface area contributed by atoms with Crippen LogP contribution in [-0.2, 0) is 4.74 Å². The molecule has 0 bridgehead atoms. The third-order valence-corrected chi connectivity index (χ3v) is 7.88. The molecule has 6 rings (SSSR count). The third kappa shape index (κ3) is 6.22. The van der Waals surface area contributed by atoms with Crippen LogP contribution in [0.25, 0.3) is 22.4 Å². The summed E-state index contributed by atoms with van der Waals surface area (Å²) in [6.07, 6.45) is 10.3. The lowest BCUT2D eigenvalue weighted by Gasteiger charge is -2.27. The predicted molar refractivity (Wildman–Crippen MR) is 160 cm³/mol. The Morgan fingerprint density at radius 3 is 2.20 bits per heavy atom. The van der Waals surface area contributed by atoms with Gasteiger partial charge in [0.25, 0.3) is 0 Å². The average Bonchev–Trinajstić information content (AvgIpc) is 3.78. The fourth-order valence-electron chi connectivity index (χ4n) is 5.78. The first kappa shape index (κ1) is 26.9. The summed E-state index contributed by atoms with van der Waals surface area (Å²) < 4.78 is 5.58. The van der Waals surface area contributed by atoms with Crippen molar-refractivity contribution in [3.63, 3.8) is 0 Å². The SMILES string of the molecule is CC(C)(C)OC(=O)N1CCCC1c1ncc(C#Cc2ccc(-c3ccc(-c4cnc(C5CCCC5)[nH]4)cc3)cc2)[nH]1. The number of hydrogen-bond acceptors (Lipinski definition) is 4. The first-order chi connectivity index (χ1) is 19.8. The summed E-state index contributed by atoms with van der Waals surface area (Å²) in [5.74, 6) is 8.88. The van der Waals surface area contributed by atoms with Crippen LogP contribution in [0, 0.1) is 11.8 Å². The molecule has 2 aliphatic rings. The Morgan fingerprint density at radius 1 is 0.829 bits per heavy atom. The zero-order chi connectivity index (χ0) is 28.4. The summed E-state index contributed by atoms with van der Waals surface area (Å²) in [4.78, 5) is 30.4. The highest BCUT2D eigenvalue weighted by atomic mass is 16.6. The first-order valence-corrected chi connectivity index (χ1v) is 14.6. The highest BCUT2D eigenvalue weighted by molar-refractivity contribution is 5.70. The van der Waals surface area contributed by atoms with E-state index in [0.29, 0.717) is 12.5 Å². The quantitative estimate of drug-likeness (QED) is 0.258. The van der Waals surface area contributed by atoms with Crippen molar-refractivity contribution in [3.05, 3.63) is 83.8 Å². The van der Waals surface area contributed by atoms with Gasteiger partial charge >= 0.3 is 6.09 Å². The van der Waals surface area contributed by atoms with E-state index in [4.69, 9.17) is 4.74 Å². The molecule has 2 fully saturated rings. The molecule has 1 atom stereocenters. The molecule has 210 valence electrons. The second-order valence-corrected chi connectivity index (χ2v) is 12.1. The number of aromatic nitrogens is 4. The number of hydrogen-bond donors (Lipinski definition) is 2. The van der Waals surface area contributed by atoms with Crippen LogP contribution in [0.2, 0.25) is 0 Å². The van der Waals surface area contributed by atoms with Crippen molar-refractivity contribution in [2.75, 3.05) is 6.54 Å². The van der Waals surface area contributed by atoms with Gasteiger partial charge in [0.1, 0.15) is 22.9 Å². The maximum absolute atomic E-state index is 12.6. The number of H-pyrrole nitrogens is 2. The highest BCUT2D eigenvalue weighted by Crippen LogP contribution is 2.34. The molecule has 1 saturated heterocycles. The minimum Gasteiger partial charge on any atom is -0.444 e. The van der Waals surface area contributed by atoms with Crippen LogP contribution in [0.15, 0.2) is 60.9 Å². The summed E-state index contributed by atoms with van der Waals surface area (Å²) >= 11 is 0. The van der Waals surface area contributed by atoms with Crippen molar-refractivity contribution >= 4 is 6.09 Å². The molecule has 1 aliphatic carbocycles. The minimum atomic E-state index is -0.526. The number of carbonyl (C=O) groups is 1. The molecule has 4 aromatic rings. The van der Waals surface area contributed by atoms with Gasteiger partial charge in [0.15, 0.2) is 0 Å². The molecule has 2 aromatic heterocycles. The lowest BCUT2D eigenvalue weighted by atomic mass is 10.0. The average molecular weight is 548 g/mol. The van der Waals surface area contributed by atoms with Gasteiger partial charge in [0.2, 0.25) is 0 Å². The van der Waals surface area contributed by atoms with Gasteiger partial charge in [-0.15, -0.1) is 0 Å². The fraction of sp³-hybridized carbons (Fsp3) is 0.382. The molecule has 0 spiro atoms. The molecular weight excluding hydrogens is 510 g/mol. The van der Waals surface area contributed by atoms with Crippen molar-refractivity contribution in [3.8, 4) is 34.2 Å². The van der Waals surface area contributed by atoms with Gasteiger partial charge in [-0.3, -0.25) is 4.90 Å².